The van der Waals surface area contributed by atoms with E-state index in [1.165, 1.54) is 22.3 Å². The lowest BCUT2D eigenvalue weighted by molar-refractivity contribution is 0.0785. The van der Waals surface area contributed by atoms with Crippen molar-refractivity contribution in [1.29, 1.82) is 0 Å². The molecular weight excluding hydrogens is 208 g/mol. The molecule has 0 saturated heterocycles. The zero-order valence-corrected chi connectivity index (χ0v) is 10.2. The summed E-state index contributed by atoms with van der Waals surface area (Å²) in [4.78, 5) is 0. The predicted octanol–water partition coefficient (Wildman–Crippen LogP) is 3.49. The molecule has 0 aromatic heterocycles. The highest BCUT2D eigenvalue weighted by molar-refractivity contribution is 5.77. The maximum Gasteiger partial charge on any atom is 0.0840 e. The monoisotopic (exact) mass is 224 g/mol. The first kappa shape index (κ1) is 10.5. The quantitative estimate of drug-likeness (QED) is 0.671. The van der Waals surface area contributed by atoms with Crippen LogP contribution < -0.4 is 0 Å². The highest BCUT2D eigenvalue weighted by atomic mass is 16.3. The Kier molecular flexibility index (Phi) is 2.14. The Labute approximate surface area is 102 Å². The minimum absolute atomic E-state index is 0.760. The summed E-state index contributed by atoms with van der Waals surface area (Å²) in [6.07, 6.45) is 0.982. The number of hydrogen-bond acceptors (Lipinski definition) is 1. The van der Waals surface area contributed by atoms with Gasteiger partial charge in [0.2, 0.25) is 0 Å². The van der Waals surface area contributed by atoms with Crippen molar-refractivity contribution >= 4 is 0 Å². The van der Waals surface area contributed by atoms with Gasteiger partial charge in [0.1, 0.15) is 0 Å². The number of rotatable bonds is 1. The fraction of sp³-hybridized carbons (Fsp3) is 0.250. The van der Waals surface area contributed by atoms with Crippen LogP contribution in [0.2, 0.25) is 0 Å². The standard InChI is InChI=1S/C16H16O/c1-16(2,17)13-7-8-15-12(10-13)9-11-5-3-4-6-14(11)15/h3-8,10,17H,9H2,1-2H3. The molecule has 17 heavy (non-hydrogen) atoms. The highest BCUT2D eigenvalue weighted by Crippen LogP contribution is 2.38. The Balaban J connectivity index is 2.13. The molecule has 2 aromatic carbocycles. The van der Waals surface area contributed by atoms with E-state index in [9.17, 15) is 5.11 Å². The molecule has 1 heteroatoms. The van der Waals surface area contributed by atoms with Crippen molar-refractivity contribution in [3.05, 3.63) is 59.2 Å². The second kappa shape index (κ2) is 3.44. The molecule has 3 rings (SSSR count). The summed E-state index contributed by atoms with van der Waals surface area (Å²) in [6.45, 7) is 3.66. The van der Waals surface area contributed by atoms with Crippen LogP contribution in [0.3, 0.4) is 0 Å². The molecular formula is C16H16O. The second-order valence-corrected chi connectivity index (χ2v) is 5.26. The van der Waals surface area contributed by atoms with Crippen molar-refractivity contribution in [3.8, 4) is 11.1 Å². The molecule has 1 nitrogen and oxygen atoms in total. The van der Waals surface area contributed by atoms with Crippen LogP contribution in [0.4, 0.5) is 0 Å². The van der Waals surface area contributed by atoms with Crippen LogP contribution in [-0.4, -0.2) is 5.11 Å². The Morgan fingerprint density at radius 2 is 1.65 bits per heavy atom. The SMILES string of the molecule is CC(C)(O)c1ccc2c(c1)Cc1ccccc1-2. The van der Waals surface area contributed by atoms with Crippen molar-refractivity contribution < 1.29 is 5.11 Å². The molecule has 1 N–H and O–H groups in total. The zero-order chi connectivity index (χ0) is 12.0. The Morgan fingerprint density at radius 1 is 0.941 bits per heavy atom. The van der Waals surface area contributed by atoms with Gasteiger partial charge >= 0.3 is 0 Å². The summed E-state index contributed by atoms with van der Waals surface area (Å²) < 4.78 is 0. The Bertz CT molecular complexity index is 576. The number of aliphatic hydroxyl groups is 1. The largest absolute Gasteiger partial charge is 0.386 e. The fourth-order valence-electron chi connectivity index (χ4n) is 2.53. The van der Waals surface area contributed by atoms with Crippen molar-refractivity contribution in [1.82, 2.24) is 0 Å². The first-order chi connectivity index (χ1) is 8.05. The minimum Gasteiger partial charge on any atom is -0.386 e. The molecule has 0 bridgehead atoms. The maximum atomic E-state index is 10.0. The van der Waals surface area contributed by atoms with E-state index < -0.39 is 5.60 Å². The van der Waals surface area contributed by atoms with E-state index in [1.807, 2.05) is 19.9 Å². The minimum atomic E-state index is -0.760. The number of hydrogen-bond donors (Lipinski definition) is 1. The van der Waals surface area contributed by atoms with Gasteiger partial charge in [-0.25, -0.2) is 0 Å². The van der Waals surface area contributed by atoms with Gasteiger partial charge in [0, 0.05) is 0 Å². The molecule has 0 radical (unpaired) electrons. The number of fused-ring (bicyclic) bond motifs is 3. The van der Waals surface area contributed by atoms with Gasteiger partial charge in [-0.15, -0.1) is 0 Å². The topological polar surface area (TPSA) is 20.2 Å². The molecule has 1 aliphatic rings. The summed E-state index contributed by atoms with van der Waals surface area (Å²) >= 11 is 0. The van der Waals surface area contributed by atoms with E-state index in [1.54, 1.807) is 0 Å². The van der Waals surface area contributed by atoms with Gasteiger partial charge in [0.25, 0.3) is 0 Å². The molecule has 0 heterocycles. The molecule has 2 aromatic rings. The Morgan fingerprint density at radius 3 is 2.41 bits per heavy atom. The van der Waals surface area contributed by atoms with Crippen LogP contribution in [0.5, 0.6) is 0 Å². The maximum absolute atomic E-state index is 10.0. The first-order valence-electron chi connectivity index (χ1n) is 6.00. The van der Waals surface area contributed by atoms with E-state index in [-0.39, 0.29) is 0 Å². The van der Waals surface area contributed by atoms with Crippen LogP contribution in [0, 0.1) is 0 Å². The fourth-order valence-corrected chi connectivity index (χ4v) is 2.53. The molecule has 86 valence electrons. The van der Waals surface area contributed by atoms with Crippen molar-refractivity contribution in [2.45, 2.75) is 25.9 Å². The van der Waals surface area contributed by atoms with Crippen LogP contribution >= 0.6 is 0 Å². The second-order valence-electron chi connectivity index (χ2n) is 5.26. The third-order valence-electron chi connectivity index (χ3n) is 3.50. The molecule has 0 fully saturated rings. The summed E-state index contributed by atoms with van der Waals surface area (Å²) in [7, 11) is 0. The van der Waals surface area contributed by atoms with Crippen LogP contribution in [0.25, 0.3) is 11.1 Å². The summed E-state index contributed by atoms with van der Waals surface area (Å²) in [5.74, 6) is 0. The lowest BCUT2D eigenvalue weighted by Crippen LogP contribution is -2.15. The van der Waals surface area contributed by atoms with Crippen molar-refractivity contribution in [3.63, 3.8) is 0 Å². The van der Waals surface area contributed by atoms with E-state index in [4.69, 9.17) is 0 Å². The highest BCUT2D eigenvalue weighted by Gasteiger charge is 2.22. The average molecular weight is 224 g/mol. The third kappa shape index (κ3) is 1.67. The van der Waals surface area contributed by atoms with Crippen molar-refractivity contribution in [2.24, 2.45) is 0 Å². The van der Waals surface area contributed by atoms with Gasteiger partial charge in [-0.2, -0.15) is 0 Å². The van der Waals surface area contributed by atoms with E-state index in [0.29, 0.717) is 0 Å². The van der Waals surface area contributed by atoms with Gasteiger partial charge in [-0.05, 0) is 48.1 Å². The molecule has 0 amide bonds. The summed E-state index contributed by atoms with van der Waals surface area (Å²) in [6, 6.07) is 14.8. The molecule has 0 unspecified atom stereocenters. The molecule has 0 saturated carbocycles. The molecule has 1 aliphatic carbocycles. The van der Waals surface area contributed by atoms with Crippen LogP contribution in [0.15, 0.2) is 42.5 Å². The number of benzene rings is 2. The smallest absolute Gasteiger partial charge is 0.0840 e. The molecule has 0 aliphatic heterocycles. The van der Waals surface area contributed by atoms with Gasteiger partial charge in [-0.1, -0.05) is 42.5 Å². The van der Waals surface area contributed by atoms with Crippen LogP contribution in [0.1, 0.15) is 30.5 Å². The normalized spacial score (nSPS) is 13.4. The average Bonchev–Trinajstić information content (AvgIpc) is 2.65. The predicted molar refractivity (Wildman–Crippen MR) is 69.9 cm³/mol. The molecule has 0 atom stereocenters. The Hall–Kier alpha value is -1.60. The van der Waals surface area contributed by atoms with Crippen LogP contribution in [-0.2, 0) is 12.0 Å². The summed E-state index contributed by atoms with van der Waals surface area (Å²) in [5, 5.41) is 10.0. The lowest BCUT2D eigenvalue weighted by Gasteiger charge is -2.18. The van der Waals surface area contributed by atoms with E-state index in [2.05, 4.69) is 36.4 Å². The van der Waals surface area contributed by atoms with Gasteiger partial charge in [-0.3, -0.25) is 0 Å². The van der Waals surface area contributed by atoms with Gasteiger partial charge < -0.3 is 5.11 Å². The third-order valence-corrected chi connectivity index (χ3v) is 3.50. The summed E-state index contributed by atoms with van der Waals surface area (Å²) in [5.41, 5.74) is 5.59. The lowest BCUT2D eigenvalue weighted by atomic mass is 9.94. The van der Waals surface area contributed by atoms with E-state index >= 15 is 0 Å². The van der Waals surface area contributed by atoms with Gasteiger partial charge in [0.05, 0.1) is 5.60 Å². The van der Waals surface area contributed by atoms with Crippen molar-refractivity contribution in [2.75, 3.05) is 0 Å². The van der Waals surface area contributed by atoms with Gasteiger partial charge in [0.15, 0.2) is 0 Å². The molecule has 0 spiro atoms. The zero-order valence-electron chi connectivity index (χ0n) is 10.2. The first-order valence-corrected chi connectivity index (χ1v) is 6.00. The van der Waals surface area contributed by atoms with E-state index in [0.717, 1.165) is 12.0 Å².